The average molecular weight is 269 g/mol. The van der Waals surface area contributed by atoms with Crippen molar-refractivity contribution in [1.82, 2.24) is 19.5 Å². The Hall–Kier alpha value is -1.97. The fraction of sp³-hybridized carbons (Fsp3) is 0.500. The molecule has 0 saturated carbocycles. The van der Waals surface area contributed by atoms with Crippen molar-refractivity contribution in [3.05, 3.63) is 16.7 Å². The maximum absolute atomic E-state index is 11.9. The van der Waals surface area contributed by atoms with Gasteiger partial charge in [0.05, 0.1) is 20.4 Å². The number of H-pyrrole nitrogens is 1. The number of imidazole rings is 1. The zero-order valence-electron chi connectivity index (χ0n) is 11.7. The van der Waals surface area contributed by atoms with Crippen molar-refractivity contribution >= 4 is 17.1 Å². The summed E-state index contributed by atoms with van der Waals surface area (Å²) in [7, 11) is 0. The van der Waals surface area contributed by atoms with Crippen LogP contribution in [0.1, 0.15) is 14.0 Å². The predicted octanol–water partition coefficient (Wildman–Crippen LogP) is -1.66. The second-order valence-corrected chi connectivity index (χ2v) is 4.18. The Labute approximate surface area is 109 Å². The number of hydrogen-bond donors (Lipinski definition) is 4. The summed E-state index contributed by atoms with van der Waals surface area (Å²) in [5, 5.41) is 18.9. The standard InChI is InChI=1S/C10H13N5O4/c11-10-13-8-7(9(18)14-10)12-3-15(8)6-1-4(17)5(2-16)19-6/h3-6,16-17H,1-2H2,(H3,11,13,14,18)/t4-,5+,6+/m0/s1/i6D/hD. The Morgan fingerprint density at radius 1 is 1.79 bits per heavy atom. The predicted molar refractivity (Wildman–Crippen MR) is 64.2 cm³/mol. The first-order valence-electron chi connectivity index (χ1n) is 6.54. The quantitative estimate of drug-likeness (QED) is 0.511. The largest absolute Gasteiger partial charge is 0.394 e. The molecule has 1 saturated heterocycles. The van der Waals surface area contributed by atoms with Gasteiger partial charge in [-0.25, -0.2) is 4.98 Å². The number of aromatic nitrogens is 4. The number of ether oxygens (including phenoxy) is 1. The fourth-order valence-corrected chi connectivity index (χ4v) is 2.00. The molecule has 0 aromatic carbocycles. The number of rotatable bonds is 2. The number of hydrogen-bond acceptors (Lipinski definition) is 7. The van der Waals surface area contributed by atoms with E-state index >= 15 is 0 Å². The normalized spacial score (nSPS) is 32.5. The summed E-state index contributed by atoms with van der Waals surface area (Å²) in [5.41, 5.74) is 4.56. The van der Waals surface area contributed by atoms with E-state index in [0.29, 0.717) is 4.98 Å². The Kier molecular flexibility index (Phi) is 2.24. The molecule has 0 bridgehead atoms. The molecule has 1 fully saturated rings. The minimum atomic E-state index is -1.76. The number of aliphatic hydroxyl groups excluding tert-OH is 2. The summed E-state index contributed by atoms with van der Waals surface area (Å²) in [6.45, 7) is -0.441. The van der Waals surface area contributed by atoms with Gasteiger partial charge in [0.1, 0.15) is 12.3 Å². The van der Waals surface area contributed by atoms with Crippen molar-refractivity contribution in [2.24, 2.45) is 0 Å². The van der Waals surface area contributed by atoms with Gasteiger partial charge >= 0.3 is 0 Å². The zero-order chi connectivity index (χ0) is 15.4. The number of nitrogens with zero attached hydrogens (tertiary/aromatic N) is 3. The third kappa shape index (κ3) is 1.87. The van der Waals surface area contributed by atoms with Crippen molar-refractivity contribution in [3.8, 4) is 0 Å². The van der Waals surface area contributed by atoms with Gasteiger partial charge in [-0.05, 0) is 0 Å². The summed E-state index contributed by atoms with van der Waals surface area (Å²) in [6, 6.07) is 0. The van der Waals surface area contributed by atoms with Gasteiger partial charge in [-0.15, -0.1) is 0 Å². The Bertz CT molecular complexity index is 762. The lowest BCUT2D eigenvalue weighted by molar-refractivity contribution is -0.0432. The number of anilines is 1. The molecule has 9 nitrogen and oxygen atoms in total. The number of aliphatic hydroxyl groups is 2. The van der Waals surface area contributed by atoms with Gasteiger partial charge in [0.25, 0.3) is 5.56 Å². The van der Waals surface area contributed by atoms with Crippen LogP contribution in [-0.2, 0) is 4.74 Å². The third-order valence-electron chi connectivity index (χ3n) is 2.93. The number of nitrogens with two attached hydrogens (primary N) is 1. The first-order chi connectivity index (χ1) is 9.87. The van der Waals surface area contributed by atoms with Crippen LogP contribution in [0.15, 0.2) is 11.1 Å². The van der Waals surface area contributed by atoms with Crippen molar-refractivity contribution in [2.45, 2.75) is 24.8 Å². The van der Waals surface area contributed by atoms with Gasteiger partial charge in [-0.3, -0.25) is 14.3 Å². The molecule has 3 atom stereocenters. The zero-order valence-corrected chi connectivity index (χ0v) is 9.72. The molecule has 3 heterocycles. The minimum Gasteiger partial charge on any atom is -0.394 e. The Balaban J connectivity index is 2.16. The lowest BCUT2D eigenvalue weighted by Gasteiger charge is -2.13. The smallest absolute Gasteiger partial charge is 0.280 e. The summed E-state index contributed by atoms with van der Waals surface area (Å²) < 4.78 is 22.2. The van der Waals surface area contributed by atoms with Gasteiger partial charge in [0.15, 0.2) is 12.6 Å². The highest BCUT2D eigenvalue weighted by Gasteiger charge is 2.35. The number of fused-ring (bicyclic) bond motifs is 1. The summed E-state index contributed by atoms with van der Waals surface area (Å²) in [6.07, 6.45) is -2.66. The average Bonchev–Trinajstić information content (AvgIpc) is 2.98. The molecule has 3 rings (SSSR count). The van der Waals surface area contributed by atoms with Crippen LogP contribution in [0.3, 0.4) is 0 Å². The molecular formula is C10H13N5O4. The molecular weight excluding hydrogens is 254 g/mol. The van der Waals surface area contributed by atoms with Crippen LogP contribution in [0.25, 0.3) is 11.2 Å². The van der Waals surface area contributed by atoms with Gasteiger partial charge in [-0.2, -0.15) is 4.98 Å². The highest BCUT2D eigenvalue weighted by molar-refractivity contribution is 5.70. The minimum absolute atomic E-state index is 0.0122. The van der Waals surface area contributed by atoms with E-state index < -0.39 is 30.6 Å². The SMILES string of the molecule is [2H]n1c(N)nc2c(ncn2[C@@]2([2H])C[C@H](O)[C@@H](CO)O2)c1=O. The van der Waals surface area contributed by atoms with E-state index in [1.54, 1.807) is 0 Å². The number of aromatic amines is 1. The molecule has 0 unspecified atom stereocenters. The van der Waals surface area contributed by atoms with Gasteiger partial charge in [0, 0.05) is 6.42 Å². The van der Waals surface area contributed by atoms with E-state index in [1.165, 1.54) is 0 Å². The van der Waals surface area contributed by atoms with Crippen molar-refractivity contribution in [3.63, 3.8) is 0 Å². The first-order valence-corrected chi connectivity index (χ1v) is 5.59. The van der Waals surface area contributed by atoms with Crippen molar-refractivity contribution in [2.75, 3.05) is 12.3 Å². The van der Waals surface area contributed by atoms with Crippen LogP contribution in [0.4, 0.5) is 5.95 Å². The molecule has 1 aliphatic rings. The highest BCUT2D eigenvalue weighted by atomic mass is 16.5. The summed E-state index contributed by atoms with van der Waals surface area (Å²) in [4.78, 5) is 20.0. The molecule has 2 aromatic heterocycles. The third-order valence-corrected chi connectivity index (χ3v) is 2.93. The van der Waals surface area contributed by atoms with Crippen molar-refractivity contribution < 1.29 is 17.7 Å². The second kappa shape index (κ2) is 4.30. The van der Waals surface area contributed by atoms with Crippen LogP contribution in [0.2, 0.25) is 1.41 Å². The van der Waals surface area contributed by atoms with Crippen LogP contribution in [0, 0.1) is 0 Å². The fourth-order valence-electron chi connectivity index (χ4n) is 2.00. The molecule has 0 aliphatic carbocycles. The maximum atomic E-state index is 11.9. The lowest BCUT2D eigenvalue weighted by atomic mass is 10.2. The Morgan fingerprint density at radius 3 is 3.26 bits per heavy atom. The molecule has 102 valence electrons. The topological polar surface area (TPSA) is 139 Å². The molecule has 19 heavy (non-hydrogen) atoms. The van der Waals surface area contributed by atoms with Gasteiger partial charge < -0.3 is 20.7 Å². The summed E-state index contributed by atoms with van der Waals surface area (Å²) in [5.74, 6) is -0.352. The van der Waals surface area contributed by atoms with Gasteiger partial charge in [0.2, 0.25) is 5.95 Å². The monoisotopic (exact) mass is 269 g/mol. The van der Waals surface area contributed by atoms with Crippen LogP contribution < -0.4 is 11.3 Å². The molecule has 5 N–H and O–H groups in total. The Morgan fingerprint density at radius 2 is 2.58 bits per heavy atom. The molecule has 1 aliphatic heterocycles. The van der Waals surface area contributed by atoms with Crippen LogP contribution >= 0.6 is 0 Å². The number of nitrogens with one attached hydrogen (secondary N) is 1. The van der Waals surface area contributed by atoms with E-state index in [1.807, 2.05) is 0 Å². The molecule has 9 heteroatoms. The molecule has 0 amide bonds. The molecule has 0 spiro atoms. The van der Waals surface area contributed by atoms with E-state index in [2.05, 4.69) is 9.97 Å². The number of nitrogen functional groups attached to an aromatic ring is 1. The van der Waals surface area contributed by atoms with E-state index in [-0.39, 0.29) is 23.5 Å². The van der Waals surface area contributed by atoms with E-state index in [9.17, 15) is 9.90 Å². The van der Waals surface area contributed by atoms with Crippen LogP contribution in [-0.4, -0.2) is 48.5 Å². The van der Waals surface area contributed by atoms with E-state index in [4.69, 9.17) is 18.4 Å². The highest BCUT2D eigenvalue weighted by Crippen LogP contribution is 2.30. The van der Waals surface area contributed by atoms with Crippen molar-refractivity contribution in [1.29, 1.82) is 0 Å². The van der Waals surface area contributed by atoms with Gasteiger partial charge in [-0.1, -0.05) is 0 Å². The molecule has 2 aromatic rings. The lowest BCUT2D eigenvalue weighted by Crippen LogP contribution is -2.24. The first kappa shape index (κ1) is 9.89. The van der Waals surface area contributed by atoms with Crippen LogP contribution in [0.5, 0.6) is 0 Å². The second-order valence-electron chi connectivity index (χ2n) is 4.18. The summed E-state index contributed by atoms with van der Waals surface area (Å²) >= 11 is 0. The molecule has 0 radical (unpaired) electrons. The maximum Gasteiger partial charge on any atom is 0.280 e. The van der Waals surface area contributed by atoms with E-state index in [0.717, 1.165) is 10.9 Å².